The molecule has 9 nitrogen and oxygen atoms in total. The van der Waals surface area contributed by atoms with E-state index in [0.717, 1.165) is 6.08 Å². The number of rotatable bonds is 5. The van der Waals surface area contributed by atoms with E-state index in [0.29, 0.717) is 5.56 Å². The van der Waals surface area contributed by atoms with Gasteiger partial charge in [0.15, 0.2) is 0 Å². The lowest BCUT2D eigenvalue weighted by atomic mass is 9.99. The van der Waals surface area contributed by atoms with Crippen molar-refractivity contribution in [1.29, 1.82) is 0 Å². The van der Waals surface area contributed by atoms with Crippen LogP contribution in [-0.4, -0.2) is 73.9 Å². The molecule has 24 heavy (non-hydrogen) atoms. The Morgan fingerprint density at radius 3 is 2.29 bits per heavy atom. The van der Waals surface area contributed by atoms with Gasteiger partial charge in [-0.3, -0.25) is 0 Å². The number of carboxylic acids is 1. The van der Waals surface area contributed by atoms with Crippen LogP contribution in [0.1, 0.15) is 5.56 Å². The fraction of sp³-hybridized carbons (Fsp3) is 0.400. The van der Waals surface area contributed by atoms with Crippen molar-refractivity contribution in [1.82, 2.24) is 0 Å². The minimum absolute atomic E-state index is 0.00104. The van der Waals surface area contributed by atoms with E-state index in [2.05, 4.69) is 0 Å². The van der Waals surface area contributed by atoms with Crippen molar-refractivity contribution in [2.24, 2.45) is 0 Å². The number of phenolic OH excluding ortho intramolecular Hbond substituents is 1. The van der Waals surface area contributed by atoms with Gasteiger partial charge in [-0.1, -0.05) is 12.1 Å². The summed E-state index contributed by atoms with van der Waals surface area (Å²) >= 11 is 0. The minimum atomic E-state index is -1.72. The molecule has 0 bridgehead atoms. The third kappa shape index (κ3) is 4.02. The monoisotopic (exact) mass is 342 g/mol. The Kier molecular flexibility index (Phi) is 5.75. The number of carbonyl (C=O) groups is 1. The van der Waals surface area contributed by atoms with Gasteiger partial charge in [0.05, 0.1) is 6.61 Å². The first kappa shape index (κ1) is 18.2. The quantitative estimate of drug-likeness (QED) is 0.281. The Morgan fingerprint density at radius 1 is 1.12 bits per heavy atom. The molecule has 0 unspecified atom stereocenters. The maximum atomic E-state index is 11.3. The number of hydrogen-bond donors (Lipinski definition) is 6. The molecule has 0 aliphatic carbocycles. The average molecular weight is 342 g/mol. The fourth-order valence-corrected chi connectivity index (χ4v) is 2.16. The second-order valence-corrected chi connectivity index (χ2v) is 5.22. The number of carboxylic acid groups (broad SMARTS) is 1. The van der Waals surface area contributed by atoms with Gasteiger partial charge in [-0.05, 0) is 23.8 Å². The molecule has 0 saturated carbocycles. The highest BCUT2D eigenvalue weighted by Crippen LogP contribution is 2.24. The molecule has 1 aromatic carbocycles. The van der Waals surface area contributed by atoms with Gasteiger partial charge in [-0.25, -0.2) is 4.79 Å². The number of aliphatic hydroxyl groups excluding tert-OH is 4. The maximum absolute atomic E-state index is 11.3. The Balaban J connectivity index is 2.20. The highest BCUT2D eigenvalue weighted by Gasteiger charge is 2.45. The third-order valence-corrected chi connectivity index (χ3v) is 3.49. The predicted molar refractivity (Wildman–Crippen MR) is 78.6 cm³/mol. The van der Waals surface area contributed by atoms with Crippen LogP contribution in [-0.2, 0) is 14.3 Å². The smallest absolute Gasteiger partial charge is 0.371 e. The molecule has 1 aliphatic rings. The summed E-state index contributed by atoms with van der Waals surface area (Å²) in [4.78, 5) is 11.3. The zero-order valence-corrected chi connectivity index (χ0v) is 12.4. The minimum Gasteiger partial charge on any atom is -0.508 e. The van der Waals surface area contributed by atoms with Crippen LogP contribution in [0.2, 0.25) is 0 Å². The van der Waals surface area contributed by atoms with Crippen molar-refractivity contribution in [3.05, 3.63) is 35.6 Å². The van der Waals surface area contributed by atoms with Gasteiger partial charge in [0.1, 0.15) is 30.2 Å². The van der Waals surface area contributed by atoms with Gasteiger partial charge in [0, 0.05) is 0 Å². The van der Waals surface area contributed by atoms with E-state index in [1.54, 1.807) is 0 Å². The van der Waals surface area contributed by atoms with Gasteiger partial charge in [0.2, 0.25) is 12.0 Å². The molecule has 6 N–H and O–H groups in total. The molecule has 0 aromatic heterocycles. The highest BCUT2D eigenvalue weighted by molar-refractivity contribution is 5.89. The molecular formula is C15H18O9. The molecule has 0 radical (unpaired) electrons. The van der Waals surface area contributed by atoms with Crippen LogP contribution in [0.3, 0.4) is 0 Å². The molecule has 132 valence electrons. The van der Waals surface area contributed by atoms with Gasteiger partial charge in [-0.2, -0.15) is 0 Å². The van der Waals surface area contributed by atoms with E-state index in [1.165, 1.54) is 24.3 Å². The summed E-state index contributed by atoms with van der Waals surface area (Å²) in [5, 5.41) is 56.7. The van der Waals surface area contributed by atoms with E-state index in [-0.39, 0.29) is 5.75 Å². The van der Waals surface area contributed by atoms with Crippen molar-refractivity contribution in [2.75, 3.05) is 6.61 Å². The summed E-state index contributed by atoms with van der Waals surface area (Å²) in [5.41, 5.74) is 0.398. The van der Waals surface area contributed by atoms with E-state index in [1.807, 2.05) is 0 Å². The number of hydrogen-bond acceptors (Lipinski definition) is 8. The van der Waals surface area contributed by atoms with Crippen LogP contribution in [0.5, 0.6) is 5.75 Å². The van der Waals surface area contributed by atoms with Crippen molar-refractivity contribution in [3.63, 3.8) is 0 Å². The maximum Gasteiger partial charge on any atom is 0.371 e. The van der Waals surface area contributed by atoms with E-state index in [4.69, 9.17) is 14.6 Å². The van der Waals surface area contributed by atoms with Crippen LogP contribution in [0.25, 0.3) is 6.08 Å². The summed E-state index contributed by atoms with van der Waals surface area (Å²) in [5.74, 6) is -2.05. The normalized spacial score (nSPS) is 30.8. The highest BCUT2D eigenvalue weighted by atomic mass is 16.7. The third-order valence-electron chi connectivity index (χ3n) is 3.49. The first-order chi connectivity index (χ1) is 11.3. The van der Waals surface area contributed by atoms with Crippen LogP contribution in [0, 0.1) is 0 Å². The van der Waals surface area contributed by atoms with Crippen LogP contribution in [0.4, 0.5) is 0 Å². The van der Waals surface area contributed by atoms with Crippen molar-refractivity contribution in [3.8, 4) is 5.75 Å². The lowest BCUT2D eigenvalue weighted by molar-refractivity contribution is -0.291. The van der Waals surface area contributed by atoms with Crippen LogP contribution < -0.4 is 0 Å². The molecule has 5 atom stereocenters. The zero-order chi connectivity index (χ0) is 17.9. The second kappa shape index (κ2) is 7.60. The number of aromatic hydroxyl groups is 1. The molecule has 1 heterocycles. The first-order valence-corrected chi connectivity index (χ1v) is 7.04. The van der Waals surface area contributed by atoms with Gasteiger partial charge in [0.25, 0.3) is 0 Å². The molecule has 1 aliphatic heterocycles. The number of benzene rings is 1. The van der Waals surface area contributed by atoms with E-state index in [9.17, 15) is 30.3 Å². The zero-order valence-electron chi connectivity index (χ0n) is 12.4. The second-order valence-electron chi connectivity index (χ2n) is 5.22. The lowest BCUT2D eigenvalue weighted by Gasteiger charge is -2.39. The average Bonchev–Trinajstić information content (AvgIpc) is 2.56. The summed E-state index contributed by atoms with van der Waals surface area (Å²) in [6.45, 7) is -0.658. The summed E-state index contributed by atoms with van der Waals surface area (Å²) in [6.07, 6.45) is -6.64. The van der Waals surface area contributed by atoms with E-state index >= 15 is 0 Å². The van der Waals surface area contributed by atoms with Crippen molar-refractivity contribution in [2.45, 2.75) is 30.7 Å². The standard InChI is InChI=1S/C15H18O9/c16-6-10-11(18)12(19)13(20)15(24-10)23-9(14(21)22)5-7-1-3-8(17)4-2-7/h1-5,10-13,15-20H,6H2,(H,21,22)/b9-5-/t10-,11-,12+,13-,15-/m0/s1. The van der Waals surface area contributed by atoms with Crippen LogP contribution >= 0.6 is 0 Å². The SMILES string of the molecule is O=C(O)/C(=C/c1ccc(O)cc1)O[C@H]1O[C@@H](CO)[C@H](O)[C@@H](O)[C@@H]1O. The summed E-state index contributed by atoms with van der Waals surface area (Å²) < 4.78 is 10.2. The molecule has 1 saturated heterocycles. The van der Waals surface area contributed by atoms with Gasteiger partial charge >= 0.3 is 5.97 Å². The fourth-order valence-electron chi connectivity index (χ4n) is 2.16. The largest absolute Gasteiger partial charge is 0.508 e. The van der Waals surface area contributed by atoms with Crippen molar-refractivity contribution < 1.29 is 44.9 Å². The number of phenols is 1. The molecule has 0 spiro atoms. The predicted octanol–water partition coefficient (Wildman–Crippen LogP) is -1.37. The van der Waals surface area contributed by atoms with Gasteiger partial charge < -0.3 is 40.1 Å². The molecule has 2 rings (SSSR count). The summed E-state index contributed by atoms with van der Waals surface area (Å²) in [7, 11) is 0. The Morgan fingerprint density at radius 2 is 1.75 bits per heavy atom. The Labute approximate surface area is 136 Å². The Hall–Kier alpha value is -2.17. The molecule has 0 amide bonds. The molecule has 1 fully saturated rings. The number of ether oxygens (including phenoxy) is 2. The first-order valence-electron chi connectivity index (χ1n) is 7.04. The van der Waals surface area contributed by atoms with Crippen molar-refractivity contribution >= 4 is 12.0 Å². The van der Waals surface area contributed by atoms with E-state index < -0.39 is 49.0 Å². The molecule has 1 aromatic rings. The molecule has 9 heteroatoms. The summed E-state index contributed by atoms with van der Waals surface area (Å²) in [6, 6.07) is 5.57. The van der Waals surface area contributed by atoms with Crippen LogP contribution in [0.15, 0.2) is 30.0 Å². The Bertz CT molecular complexity index is 595. The molecular weight excluding hydrogens is 324 g/mol. The number of aliphatic hydroxyl groups is 4. The topological polar surface area (TPSA) is 157 Å². The number of aliphatic carboxylic acids is 1. The lowest BCUT2D eigenvalue weighted by Crippen LogP contribution is -2.59. The van der Waals surface area contributed by atoms with Gasteiger partial charge in [-0.15, -0.1) is 0 Å².